The number of aliphatic hydroxyl groups excluding tert-OH is 1. The molecular weight excluding hydrogens is 316 g/mol. The molecule has 1 aromatic carbocycles. The number of hydrogen-bond acceptors (Lipinski definition) is 4. The van der Waals surface area contributed by atoms with Gasteiger partial charge in [0.05, 0.1) is 18.2 Å². The van der Waals surface area contributed by atoms with Crippen molar-refractivity contribution in [3.05, 3.63) is 23.2 Å². The van der Waals surface area contributed by atoms with Crippen LogP contribution in [0.5, 0.6) is 5.75 Å². The van der Waals surface area contributed by atoms with Crippen molar-refractivity contribution in [1.82, 2.24) is 0 Å². The van der Waals surface area contributed by atoms with Gasteiger partial charge >= 0.3 is 0 Å². The highest BCUT2D eigenvalue weighted by Gasteiger charge is 2.27. The summed E-state index contributed by atoms with van der Waals surface area (Å²) in [6.07, 6.45) is 5.84. The summed E-state index contributed by atoms with van der Waals surface area (Å²) < 4.78 is 5.66. The van der Waals surface area contributed by atoms with Gasteiger partial charge in [-0.3, -0.25) is 4.79 Å². The van der Waals surface area contributed by atoms with Gasteiger partial charge in [0.25, 0.3) is 0 Å². The molecule has 5 nitrogen and oxygen atoms in total. The van der Waals surface area contributed by atoms with Crippen LogP contribution in [0.4, 0.5) is 5.69 Å². The van der Waals surface area contributed by atoms with E-state index in [4.69, 9.17) is 27.2 Å². The number of carbonyl (C=O) groups excluding carboxylic acids is 1. The van der Waals surface area contributed by atoms with E-state index in [1.54, 1.807) is 18.2 Å². The third kappa shape index (κ3) is 6.77. The number of carbonyl (C=O) groups is 1. The van der Waals surface area contributed by atoms with Gasteiger partial charge in [-0.1, -0.05) is 44.2 Å². The van der Waals surface area contributed by atoms with Gasteiger partial charge in [0.2, 0.25) is 5.91 Å². The first-order valence-corrected chi connectivity index (χ1v) is 8.42. The van der Waals surface area contributed by atoms with Crippen molar-refractivity contribution in [2.45, 2.75) is 51.5 Å². The van der Waals surface area contributed by atoms with Gasteiger partial charge in [0, 0.05) is 5.69 Å². The number of nitrogens with two attached hydrogens (primary N) is 1. The zero-order valence-electron chi connectivity index (χ0n) is 13.9. The monoisotopic (exact) mass is 342 g/mol. The smallest absolute Gasteiger partial charge is 0.246 e. The molecule has 1 amide bonds. The molecule has 0 unspecified atom stereocenters. The highest BCUT2D eigenvalue weighted by molar-refractivity contribution is 6.32. The van der Waals surface area contributed by atoms with Crippen LogP contribution in [0.3, 0.4) is 0 Å². The zero-order chi connectivity index (χ0) is 17.3. The summed E-state index contributed by atoms with van der Waals surface area (Å²) >= 11 is 6.17. The van der Waals surface area contributed by atoms with Crippen molar-refractivity contribution in [3.63, 3.8) is 0 Å². The largest absolute Gasteiger partial charge is 0.492 e. The predicted octanol–water partition coefficient (Wildman–Crippen LogP) is 3.34. The molecule has 6 heteroatoms. The summed E-state index contributed by atoms with van der Waals surface area (Å²) in [4.78, 5) is 11.9. The summed E-state index contributed by atoms with van der Waals surface area (Å²) in [5.74, 6) is 0.124. The lowest BCUT2D eigenvalue weighted by molar-refractivity contribution is -0.121. The molecule has 0 aromatic heterocycles. The third-order valence-electron chi connectivity index (χ3n) is 3.54. The number of rotatable bonds is 10. The van der Waals surface area contributed by atoms with E-state index in [2.05, 4.69) is 12.2 Å². The van der Waals surface area contributed by atoms with Crippen molar-refractivity contribution in [2.75, 3.05) is 18.5 Å². The summed E-state index contributed by atoms with van der Waals surface area (Å²) in [6.45, 7) is 3.83. The first kappa shape index (κ1) is 19.7. The van der Waals surface area contributed by atoms with Crippen LogP contribution in [0.1, 0.15) is 46.0 Å². The summed E-state index contributed by atoms with van der Waals surface area (Å²) in [6, 6.07) is 5.03. The molecule has 0 fully saturated rings. The van der Waals surface area contributed by atoms with E-state index in [-0.39, 0.29) is 0 Å². The van der Waals surface area contributed by atoms with E-state index in [1.165, 1.54) is 26.2 Å². The molecule has 1 rings (SSSR count). The minimum Gasteiger partial charge on any atom is -0.492 e. The first-order valence-electron chi connectivity index (χ1n) is 8.04. The Kier molecular flexibility index (Phi) is 8.37. The number of ether oxygens (including phenoxy) is 1. The number of benzene rings is 1. The number of unbranched alkanes of at least 4 members (excludes halogenated alkanes) is 4. The molecule has 0 aliphatic rings. The van der Waals surface area contributed by atoms with Crippen molar-refractivity contribution in [1.29, 1.82) is 0 Å². The van der Waals surface area contributed by atoms with Crippen LogP contribution in [0.25, 0.3) is 0 Å². The van der Waals surface area contributed by atoms with Crippen LogP contribution in [0, 0.1) is 0 Å². The number of halogens is 1. The standard InChI is InChI=1S/C17H27ClN2O3/c1-3-4-5-6-7-10-23-15-9-8-13(11-14(15)18)20-16(22)17(2,19)12-21/h8-9,11,21H,3-7,10,12,19H2,1-2H3,(H,20,22)/t17-/m0/s1. The zero-order valence-corrected chi connectivity index (χ0v) is 14.7. The molecule has 0 aliphatic heterocycles. The molecule has 1 atom stereocenters. The average molecular weight is 343 g/mol. The Hall–Kier alpha value is -1.30. The second-order valence-corrected chi connectivity index (χ2v) is 6.34. The van der Waals surface area contributed by atoms with Crippen LogP contribution in [-0.2, 0) is 4.79 Å². The van der Waals surface area contributed by atoms with E-state index >= 15 is 0 Å². The summed E-state index contributed by atoms with van der Waals surface area (Å²) in [5, 5.41) is 12.1. The van der Waals surface area contributed by atoms with Gasteiger partial charge in [-0.25, -0.2) is 0 Å². The van der Waals surface area contributed by atoms with Crippen LogP contribution in [-0.4, -0.2) is 29.8 Å². The highest BCUT2D eigenvalue weighted by Crippen LogP contribution is 2.28. The van der Waals surface area contributed by atoms with E-state index in [9.17, 15) is 4.79 Å². The Balaban J connectivity index is 2.50. The molecule has 0 saturated heterocycles. The quantitative estimate of drug-likeness (QED) is 0.569. The van der Waals surface area contributed by atoms with Crippen molar-refractivity contribution in [3.8, 4) is 5.75 Å². The minimum absolute atomic E-state index is 0.430. The first-order chi connectivity index (χ1) is 10.9. The Labute approximate surface area is 143 Å². The van der Waals surface area contributed by atoms with E-state index in [0.29, 0.717) is 23.1 Å². The lowest BCUT2D eigenvalue weighted by atomic mass is 10.0. The average Bonchev–Trinajstić information content (AvgIpc) is 2.52. The molecule has 0 spiro atoms. The molecule has 0 saturated carbocycles. The SMILES string of the molecule is CCCCCCCOc1ccc(NC(=O)[C@@](C)(N)CO)cc1Cl. The van der Waals surface area contributed by atoms with Gasteiger partial charge in [-0.05, 0) is 31.5 Å². The van der Waals surface area contributed by atoms with Crippen molar-refractivity contribution in [2.24, 2.45) is 5.73 Å². The van der Waals surface area contributed by atoms with Crippen molar-refractivity contribution >= 4 is 23.2 Å². The number of nitrogens with one attached hydrogen (secondary N) is 1. The molecule has 4 N–H and O–H groups in total. The molecule has 0 heterocycles. The Morgan fingerprint density at radius 3 is 2.65 bits per heavy atom. The van der Waals surface area contributed by atoms with Crippen molar-refractivity contribution < 1.29 is 14.6 Å². The fourth-order valence-corrected chi connectivity index (χ4v) is 2.16. The van der Waals surface area contributed by atoms with Crippen LogP contribution in [0.15, 0.2) is 18.2 Å². The van der Waals surface area contributed by atoms with Gasteiger partial charge in [0.1, 0.15) is 11.3 Å². The fraction of sp³-hybridized carbons (Fsp3) is 0.588. The summed E-state index contributed by atoms with van der Waals surface area (Å²) in [5.41, 5.74) is 4.85. The third-order valence-corrected chi connectivity index (χ3v) is 3.84. The molecule has 1 aromatic rings. The maximum atomic E-state index is 11.9. The van der Waals surface area contributed by atoms with Gasteiger partial charge in [-0.2, -0.15) is 0 Å². The summed E-state index contributed by atoms with van der Waals surface area (Å²) in [7, 11) is 0. The topological polar surface area (TPSA) is 84.6 Å². The maximum Gasteiger partial charge on any atom is 0.246 e. The molecule has 0 bridgehead atoms. The number of aliphatic hydroxyl groups is 1. The second-order valence-electron chi connectivity index (χ2n) is 5.94. The lowest BCUT2D eigenvalue weighted by Crippen LogP contribution is -2.51. The normalized spacial score (nSPS) is 13.4. The lowest BCUT2D eigenvalue weighted by Gasteiger charge is -2.20. The fourth-order valence-electron chi connectivity index (χ4n) is 1.93. The van der Waals surface area contributed by atoms with Gasteiger partial charge in [-0.15, -0.1) is 0 Å². The molecule has 0 aliphatic carbocycles. The van der Waals surface area contributed by atoms with E-state index < -0.39 is 18.1 Å². The maximum absolute atomic E-state index is 11.9. The Bertz CT molecular complexity index is 507. The Morgan fingerprint density at radius 1 is 1.35 bits per heavy atom. The second kappa shape index (κ2) is 9.75. The number of amides is 1. The van der Waals surface area contributed by atoms with E-state index in [1.807, 2.05) is 0 Å². The predicted molar refractivity (Wildman–Crippen MR) is 94.0 cm³/mol. The Morgan fingerprint density at radius 2 is 2.04 bits per heavy atom. The number of anilines is 1. The minimum atomic E-state index is -1.33. The molecular formula is C17H27ClN2O3. The van der Waals surface area contributed by atoms with Crippen LogP contribution in [0.2, 0.25) is 5.02 Å². The van der Waals surface area contributed by atoms with Gasteiger partial charge < -0.3 is 20.9 Å². The van der Waals surface area contributed by atoms with Gasteiger partial charge in [0.15, 0.2) is 0 Å². The highest BCUT2D eigenvalue weighted by atomic mass is 35.5. The number of hydrogen-bond donors (Lipinski definition) is 3. The molecule has 23 heavy (non-hydrogen) atoms. The van der Waals surface area contributed by atoms with Crippen LogP contribution < -0.4 is 15.8 Å². The van der Waals surface area contributed by atoms with Crippen LogP contribution >= 0.6 is 11.6 Å². The van der Waals surface area contributed by atoms with E-state index in [0.717, 1.165) is 12.8 Å². The molecule has 130 valence electrons. The molecule has 0 radical (unpaired) electrons.